The van der Waals surface area contributed by atoms with Gasteiger partial charge in [-0.1, -0.05) is 30.3 Å². The van der Waals surface area contributed by atoms with E-state index in [-0.39, 0.29) is 24.4 Å². The number of nitrogens with zero attached hydrogens (tertiary/aromatic N) is 2. The van der Waals surface area contributed by atoms with Crippen molar-refractivity contribution in [1.29, 1.82) is 0 Å². The summed E-state index contributed by atoms with van der Waals surface area (Å²) < 4.78 is 5.33. The number of amides is 2. The number of hydrogen-bond donors (Lipinski definition) is 1. The lowest BCUT2D eigenvalue weighted by Crippen LogP contribution is -2.63. The monoisotopic (exact) mass is 415 g/mol. The van der Waals surface area contributed by atoms with Gasteiger partial charge in [0.25, 0.3) is 0 Å². The van der Waals surface area contributed by atoms with Gasteiger partial charge in [-0.05, 0) is 48.1 Å². The van der Waals surface area contributed by atoms with Gasteiger partial charge >= 0.3 is 0 Å². The SMILES string of the molecule is COc1ccc([C@@H]2c3[nH]c4ccccc4c3C[C@@H]3C(=O)N(CC4CC4)CC(=O)N23)cc1. The van der Waals surface area contributed by atoms with Gasteiger partial charge in [0, 0.05) is 29.6 Å². The molecule has 2 aliphatic heterocycles. The Labute approximate surface area is 180 Å². The zero-order chi connectivity index (χ0) is 21.1. The molecule has 1 aliphatic carbocycles. The molecule has 2 amide bonds. The van der Waals surface area contributed by atoms with Gasteiger partial charge in [0.1, 0.15) is 11.8 Å². The Kier molecular flexibility index (Phi) is 4.10. The molecular formula is C25H25N3O3. The fourth-order valence-corrected chi connectivity index (χ4v) is 5.22. The Bertz CT molecular complexity index is 1180. The number of rotatable bonds is 4. The normalized spacial score (nSPS) is 23.1. The average molecular weight is 415 g/mol. The summed E-state index contributed by atoms with van der Waals surface area (Å²) in [6, 6.07) is 15.2. The number of fused-ring (bicyclic) bond motifs is 4. The predicted molar refractivity (Wildman–Crippen MR) is 117 cm³/mol. The molecule has 6 heteroatoms. The molecule has 1 aromatic heterocycles. The van der Waals surface area contributed by atoms with E-state index in [1.54, 1.807) is 12.0 Å². The predicted octanol–water partition coefficient (Wildman–Crippen LogP) is 3.27. The molecule has 1 N–H and O–H groups in total. The smallest absolute Gasteiger partial charge is 0.246 e. The number of H-pyrrole nitrogens is 1. The number of methoxy groups -OCH3 is 1. The first-order chi connectivity index (χ1) is 15.1. The topological polar surface area (TPSA) is 65.6 Å². The molecule has 3 aromatic rings. The standard InChI is InChI=1S/C25H25N3O3/c1-31-17-10-8-16(9-11-17)24-23-19(18-4-2-3-5-20(18)26-23)12-21-25(30)27(13-15-6-7-15)14-22(29)28(21)24/h2-5,8-11,15,21,24,26H,6-7,12-14H2,1H3/t21-,24-/m1/s1. The molecule has 2 atom stereocenters. The second kappa shape index (κ2) is 6.87. The van der Waals surface area contributed by atoms with Gasteiger partial charge in [-0.2, -0.15) is 0 Å². The van der Waals surface area contributed by atoms with Crippen molar-refractivity contribution in [3.05, 3.63) is 65.4 Å². The summed E-state index contributed by atoms with van der Waals surface area (Å²) in [6.07, 6.45) is 2.87. The van der Waals surface area contributed by atoms with Crippen molar-refractivity contribution in [2.24, 2.45) is 5.92 Å². The van der Waals surface area contributed by atoms with E-state index in [4.69, 9.17) is 4.74 Å². The molecule has 0 unspecified atom stereocenters. The molecule has 31 heavy (non-hydrogen) atoms. The van der Waals surface area contributed by atoms with E-state index in [0.717, 1.165) is 46.3 Å². The van der Waals surface area contributed by atoms with Gasteiger partial charge in [0.05, 0.1) is 19.7 Å². The fraction of sp³-hybridized carbons (Fsp3) is 0.360. The van der Waals surface area contributed by atoms with Gasteiger partial charge in [-0.15, -0.1) is 0 Å². The summed E-state index contributed by atoms with van der Waals surface area (Å²) in [4.78, 5) is 34.1. The van der Waals surface area contributed by atoms with Crippen LogP contribution in [0.2, 0.25) is 0 Å². The number of benzene rings is 2. The van der Waals surface area contributed by atoms with Crippen molar-refractivity contribution < 1.29 is 14.3 Å². The molecule has 158 valence electrons. The molecule has 6 nitrogen and oxygen atoms in total. The summed E-state index contributed by atoms with van der Waals surface area (Å²) >= 11 is 0. The maximum Gasteiger partial charge on any atom is 0.246 e. The third-order valence-electron chi connectivity index (χ3n) is 6.95. The second-order valence-electron chi connectivity index (χ2n) is 8.92. The Morgan fingerprint density at radius 2 is 1.84 bits per heavy atom. The Morgan fingerprint density at radius 3 is 2.58 bits per heavy atom. The lowest BCUT2D eigenvalue weighted by molar-refractivity contribution is -0.158. The van der Waals surface area contributed by atoms with E-state index in [9.17, 15) is 9.59 Å². The minimum Gasteiger partial charge on any atom is -0.497 e. The molecule has 1 saturated carbocycles. The minimum absolute atomic E-state index is 0.0235. The molecule has 1 saturated heterocycles. The number of aromatic nitrogens is 1. The zero-order valence-electron chi connectivity index (χ0n) is 17.5. The Morgan fingerprint density at radius 1 is 1.06 bits per heavy atom. The van der Waals surface area contributed by atoms with E-state index in [1.807, 2.05) is 41.3 Å². The van der Waals surface area contributed by atoms with Crippen LogP contribution in [0.4, 0.5) is 0 Å². The highest BCUT2D eigenvalue weighted by Crippen LogP contribution is 2.43. The lowest BCUT2D eigenvalue weighted by atomic mass is 9.86. The summed E-state index contributed by atoms with van der Waals surface area (Å²) in [7, 11) is 1.64. The quantitative estimate of drug-likeness (QED) is 0.711. The van der Waals surface area contributed by atoms with Gasteiger partial charge < -0.3 is 19.5 Å². The molecule has 6 rings (SSSR count). The Balaban J connectivity index is 1.49. The van der Waals surface area contributed by atoms with Crippen molar-refractivity contribution in [1.82, 2.24) is 14.8 Å². The number of ether oxygens (including phenoxy) is 1. The van der Waals surface area contributed by atoms with Crippen LogP contribution in [0.3, 0.4) is 0 Å². The van der Waals surface area contributed by atoms with E-state index in [2.05, 4.69) is 17.1 Å². The maximum absolute atomic E-state index is 13.5. The highest BCUT2D eigenvalue weighted by molar-refractivity contribution is 5.97. The molecule has 2 aromatic carbocycles. The van der Waals surface area contributed by atoms with Crippen LogP contribution in [0, 0.1) is 5.92 Å². The summed E-state index contributed by atoms with van der Waals surface area (Å²) in [5.74, 6) is 1.44. The average Bonchev–Trinajstić information content (AvgIpc) is 3.54. The van der Waals surface area contributed by atoms with Crippen molar-refractivity contribution >= 4 is 22.7 Å². The molecule has 0 bridgehead atoms. The van der Waals surface area contributed by atoms with Crippen LogP contribution in [0.5, 0.6) is 5.75 Å². The molecule has 0 spiro atoms. The highest BCUT2D eigenvalue weighted by atomic mass is 16.5. The van der Waals surface area contributed by atoms with Gasteiger partial charge in [-0.25, -0.2) is 0 Å². The third kappa shape index (κ3) is 2.92. The number of aromatic amines is 1. The second-order valence-corrected chi connectivity index (χ2v) is 8.92. The Hall–Kier alpha value is -3.28. The van der Waals surface area contributed by atoms with Crippen LogP contribution >= 0.6 is 0 Å². The fourth-order valence-electron chi connectivity index (χ4n) is 5.22. The minimum atomic E-state index is -0.459. The van der Waals surface area contributed by atoms with E-state index in [1.165, 1.54) is 0 Å². The van der Waals surface area contributed by atoms with Crippen LogP contribution in [0.1, 0.15) is 35.7 Å². The van der Waals surface area contributed by atoms with Crippen molar-refractivity contribution in [3.8, 4) is 5.75 Å². The number of piperazine rings is 1. The van der Waals surface area contributed by atoms with Crippen LogP contribution < -0.4 is 4.74 Å². The van der Waals surface area contributed by atoms with E-state index < -0.39 is 6.04 Å². The van der Waals surface area contributed by atoms with Gasteiger partial charge in [0.15, 0.2) is 0 Å². The number of carbonyl (C=O) groups excluding carboxylic acids is 2. The molecule has 3 aliphatic rings. The number of nitrogens with one attached hydrogen (secondary N) is 1. The summed E-state index contributed by atoms with van der Waals surface area (Å²) in [5.41, 5.74) is 4.18. The van der Waals surface area contributed by atoms with Crippen molar-refractivity contribution in [2.75, 3.05) is 20.2 Å². The van der Waals surface area contributed by atoms with Crippen molar-refractivity contribution in [2.45, 2.75) is 31.3 Å². The molecule has 3 heterocycles. The number of hydrogen-bond acceptors (Lipinski definition) is 3. The first kappa shape index (κ1) is 18.5. The van der Waals surface area contributed by atoms with E-state index >= 15 is 0 Å². The molecular weight excluding hydrogens is 390 g/mol. The van der Waals surface area contributed by atoms with E-state index in [0.29, 0.717) is 18.9 Å². The largest absolute Gasteiger partial charge is 0.497 e. The van der Waals surface area contributed by atoms with Gasteiger partial charge in [0.2, 0.25) is 11.8 Å². The third-order valence-corrected chi connectivity index (χ3v) is 6.95. The van der Waals surface area contributed by atoms with Crippen LogP contribution in [0.25, 0.3) is 10.9 Å². The molecule has 0 radical (unpaired) electrons. The maximum atomic E-state index is 13.5. The lowest BCUT2D eigenvalue weighted by Gasteiger charge is -2.47. The van der Waals surface area contributed by atoms with Gasteiger partial charge in [-0.3, -0.25) is 9.59 Å². The highest BCUT2D eigenvalue weighted by Gasteiger charge is 2.48. The number of para-hydroxylation sites is 1. The zero-order valence-corrected chi connectivity index (χ0v) is 17.5. The summed E-state index contributed by atoms with van der Waals surface area (Å²) in [5, 5.41) is 1.13. The van der Waals surface area contributed by atoms with Crippen LogP contribution in [-0.2, 0) is 16.0 Å². The first-order valence-electron chi connectivity index (χ1n) is 11.0. The number of carbonyl (C=O) groups is 2. The van der Waals surface area contributed by atoms with Crippen LogP contribution in [0.15, 0.2) is 48.5 Å². The van der Waals surface area contributed by atoms with Crippen molar-refractivity contribution in [3.63, 3.8) is 0 Å². The first-order valence-corrected chi connectivity index (χ1v) is 11.0. The van der Waals surface area contributed by atoms with Crippen LogP contribution in [-0.4, -0.2) is 52.8 Å². The summed E-state index contributed by atoms with van der Waals surface area (Å²) in [6.45, 7) is 0.886. The molecule has 2 fully saturated rings.